The maximum absolute atomic E-state index is 5.61. The van der Waals surface area contributed by atoms with Crippen molar-refractivity contribution in [3.8, 4) is 23.6 Å². The Hall–Kier alpha value is -3.15. The Morgan fingerprint density at radius 1 is 1.16 bits per heavy atom. The van der Waals surface area contributed by atoms with Crippen molar-refractivity contribution in [3.63, 3.8) is 0 Å². The van der Waals surface area contributed by atoms with Gasteiger partial charge in [-0.15, -0.1) is 6.42 Å². The van der Waals surface area contributed by atoms with Gasteiger partial charge < -0.3 is 5.73 Å². The summed E-state index contributed by atoms with van der Waals surface area (Å²) in [5, 5.41) is 0. The number of allylic oxidation sites excluding steroid dienone is 7. The molecule has 0 fully saturated rings. The van der Waals surface area contributed by atoms with Crippen molar-refractivity contribution in [1.29, 1.82) is 0 Å². The van der Waals surface area contributed by atoms with Crippen LogP contribution in [0.5, 0.6) is 0 Å². The van der Waals surface area contributed by atoms with Gasteiger partial charge >= 0.3 is 0 Å². The van der Waals surface area contributed by atoms with E-state index < -0.39 is 0 Å². The largest absolute Gasteiger partial charge is 0.330 e. The maximum Gasteiger partial charge on any atom is 0.0710 e. The summed E-state index contributed by atoms with van der Waals surface area (Å²) in [6.07, 6.45) is 17.7. The number of terminal acetylenes is 1. The van der Waals surface area contributed by atoms with Crippen LogP contribution in [0.3, 0.4) is 0 Å². The first-order valence-corrected chi connectivity index (χ1v) is 11.4. The Kier molecular flexibility index (Phi) is 15.8. The van der Waals surface area contributed by atoms with E-state index in [-0.39, 0.29) is 0 Å². The van der Waals surface area contributed by atoms with E-state index >= 15 is 0 Å². The quantitative estimate of drug-likeness (QED) is 0.359. The van der Waals surface area contributed by atoms with Crippen LogP contribution in [0, 0.1) is 19.3 Å². The van der Waals surface area contributed by atoms with Crippen molar-refractivity contribution in [2.45, 2.75) is 54.4 Å². The van der Waals surface area contributed by atoms with Gasteiger partial charge in [0, 0.05) is 17.3 Å². The van der Waals surface area contributed by atoms with Gasteiger partial charge in [-0.25, -0.2) is 0 Å². The summed E-state index contributed by atoms with van der Waals surface area (Å²) < 4.78 is 0. The summed E-state index contributed by atoms with van der Waals surface area (Å²) in [4.78, 5) is 4.53. The van der Waals surface area contributed by atoms with Gasteiger partial charge in [0.1, 0.15) is 0 Å². The first kappa shape index (κ1) is 28.9. The summed E-state index contributed by atoms with van der Waals surface area (Å²) >= 11 is 0. The topological polar surface area (TPSA) is 38.9 Å². The Morgan fingerprint density at radius 3 is 2.31 bits per heavy atom. The molecule has 1 aromatic heterocycles. The van der Waals surface area contributed by atoms with Gasteiger partial charge in [-0.05, 0) is 74.2 Å². The third kappa shape index (κ3) is 9.33. The van der Waals surface area contributed by atoms with Crippen molar-refractivity contribution in [2.24, 2.45) is 5.73 Å². The lowest BCUT2D eigenvalue weighted by atomic mass is 9.97. The van der Waals surface area contributed by atoms with Crippen molar-refractivity contribution in [3.05, 3.63) is 95.8 Å². The van der Waals surface area contributed by atoms with Crippen LogP contribution in [0.25, 0.3) is 16.8 Å². The Balaban J connectivity index is 0.00000121. The van der Waals surface area contributed by atoms with E-state index in [2.05, 4.69) is 55.6 Å². The van der Waals surface area contributed by atoms with Crippen LogP contribution in [0.15, 0.2) is 84.6 Å². The molecule has 0 unspecified atom stereocenters. The maximum atomic E-state index is 5.61. The molecule has 0 aliphatic carbocycles. The van der Waals surface area contributed by atoms with Gasteiger partial charge in [0.05, 0.1) is 5.69 Å². The van der Waals surface area contributed by atoms with Crippen molar-refractivity contribution >= 4 is 5.57 Å². The van der Waals surface area contributed by atoms with E-state index in [4.69, 9.17) is 12.2 Å². The molecule has 2 heteroatoms. The van der Waals surface area contributed by atoms with E-state index in [1.807, 2.05) is 70.3 Å². The van der Waals surface area contributed by atoms with E-state index in [1.165, 1.54) is 18.4 Å². The normalized spacial score (nSPS) is 11.4. The number of hydrogen-bond donors (Lipinski definition) is 1. The number of pyridine rings is 1. The van der Waals surface area contributed by atoms with Crippen LogP contribution >= 0.6 is 0 Å². The molecule has 0 bridgehead atoms. The second kappa shape index (κ2) is 17.5. The number of unbranched alkanes of at least 4 members (excludes halogenated alkanes) is 1. The highest BCUT2D eigenvalue weighted by Gasteiger charge is 2.07. The average Bonchev–Trinajstić information content (AvgIpc) is 2.84. The predicted octanol–water partition coefficient (Wildman–Crippen LogP) is 7.92. The van der Waals surface area contributed by atoms with Crippen LogP contribution in [0.4, 0.5) is 0 Å². The van der Waals surface area contributed by atoms with Crippen molar-refractivity contribution < 1.29 is 0 Å². The first-order chi connectivity index (χ1) is 15.6. The Labute approximate surface area is 196 Å². The first-order valence-electron chi connectivity index (χ1n) is 11.4. The molecule has 0 aliphatic rings. The number of nitrogens with two attached hydrogens (primary N) is 1. The number of benzene rings is 1. The highest BCUT2D eigenvalue weighted by molar-refractivity contribution is 5.79. The molecule has 2 rings (SSSR count). The summed E-state index contributed by atoms with van der Waals surface area (Å²) in [6, 6.07) is 12.3. The van der Waals surface area contributed by atoms with Crippen LogP contribution < -0.4 is 5.73 Å². The highest BCUT2D eigenvalue weighted by atomic mass is 14.7. The summed E-state index contributed by atoms with van der Waals surface area (Å²) in [5.74, 6) is 2.73. The van der Waals surface area contributed by atoms with E-state index in [9.17, 15) is 0 Å². The standard InChI is InChI=1S/C24H23N.C4H11N.C2H6/c1-6-19(7-2)20(8-3)16-21(9-4)22-14-15-25-24(17-22)23-13-11-10-12-18(23)5;1-2-3-4-5;1-2/h1,7-17H,4H2,2-3,5H3;2-5H2,1H3;1-2H3/b19-7+,20-8+,21-16+;;. The molecule has 0 spiro atoms. The average molecular weight is 429 g/mol. The third-order valence-corrected chi connectivity index (χ3v) is 4.67. The lowest BCUT2D eigenvalue weighted by Crippen LogP contribution is -1.95. The molecule has 0 saturated carbocycles. The molecule has 2 nitrogen and oxygen atoms in total. The zero-order valence-corrected chi connectivity index (χ0v) is 20.8. The van der Waals surface area contributed by atoms with Crippen LogP contribution in [-0.2, 0) is 0 Å². The Bertz CT molecular complexity index is 951. The third-order valence-electron chi connectivity index (χ3n) is 4.67. The minimum absolute atomic E-state index is 0.844. The molecule has 1 aromatic carbocycles. The van der Waals surface area contributed by atoms with Gasteiger partial charge in [-0.1, -0.05) is 82.2 Å². The predicted molar refractivity (Wildman–Crippen MR) is 144 cm³/mol. The highest BCUT2D eigenvalue weighted by Crippen LogP contribution is 2.26. The van der Waals surface area contributed by atoms with Crippen LogP contribution in [0.2, 0.25) is 0 Å². The summed E-state index contributed by atoms with van der Waals surface area (Å²) in [5.41, 5.74) is 12.4. The number of hydrogen-bond acceptors (Lipinski definition) is 2. The molecule has 0 amide bonds. The van der Waals surface area contributed by atoms with E-state index in [0.717, 1.165) is 40.1 Å². The second-order valence-corrected chi connectivity index (χ2v) is 6.78. The molecule has 2 aromatic rings. The van der Waals surface area contributed by atoms with Gasteiger partial charge in [-0.3, -0.25) is 4.98 Å². The van der Waals surface area contributed by atoms with Crippen LogP contribution in [-0.4, -0.2) is 11.5 Å². The van der Waals surface area contributed by atoms with Crippen molar-refractivity contribution in [1.82, 2.24) is 4.98 Å². The molecule has 32 heavy (non-hydrogen) atoms. The fourth-order valence-corrected chi connectivity index (χ4v) is 2.90. The minimum Gasteiger partial charge on any atom is -0.330 e. The second-order valence-electron chi connectivity index (χ2n) is 6.78. The van der Waals surface area contributed by atoms with Gasteiger partial charge in [0.15, 0.2) is 0 Å². The number of nitrogens with zero attached hydrogens (tertiary/aromatic N) is 1. The molecule has 0 saturated heterocycles. The molecule has 170 valence electrons. The van der Waals surface area contributed by atoms with Gasteiger partial charge in [0.25, 0.3) is 0 Å². The van der Waals surface area contributed by atoms with Gasteiger partial charge in [0.2, 0.25) is 0 Å². The van der Waals surface area contributed by atoms with Crippen LogP contribution in [0.1, 0.15) is 58.6 Å². The SMILES string of the molecule is C#CC(=C\C)/C(=C/C)/C=C(\C=C)c1ccnc(-c2ccccc2C)c1.CC.CCCCN. The fraction of sp³-hybridized carbons (Fsp3) is 0.300. The number of rotatable bonds is 7. The zero-order valence-electron chi connectivity index (χ0n) is 20.8. The lowest BCUT2D eigenvalue weighted by Gasteiger charge is -2.09. The molecule has 1 heterocycles. The molecule has 0 aliphatic heterocycles. The minimum atomic E-state index is 0.844. The van der Waals surface area contributed by atoms with E-state index in [1.54, 1.807) is 0 Å². The molecular formula is C30H40N2. The summed E-state index contributed by atoms with van der Waals surface area (Å²) in [7, 11) is 0. The van der Waals surface area contributed by atoms with Gasteiger partial charge in [-0.2, -0.15) is 0 Å². The molecular weight excluding hydrogens is 388 g/mol. The zero-order chi connectivity index (χ0) is 24.4. The Morgan fingerprint density at radius 2 is 1.84 bits per heavy atom. The molecule has 2 N–H and O–H groups in total. The van der Waals surface area contributed by atoms with E-state index in [0.29, 0.717) is 0 Å². The molecule has 0 radical (unpaired) electrons. The monoisotopic (exact) mass is 428 g/mol. The van der Waals surface area contributed by atoms with Crippen molar-refractivity contribution in [2.75, 3.05) is 6.54 Å². The summed E-state index contributed by atoms with van der Waals surface area (Å²) in [6.45, 7) is 17.0. The molecule has 0 atom stereocenters. The number of aromatic nitrogens is 1. The smallest absolute Gasteiger partial charge is 0.0710 e. The number of aryl methyl sites for hydroxylation is 1. The lowest BCUT2D eigenvalue weighted by molar-refractivity contribution is 0.807. The fourth-order valence-electron chi connectivity index (χ4n) is 2.90.